The molecule has 0 bridgehead atoms. The summed E-state index contributed by atoms with van der Waals surface area (Å²) in [5, 5.41) is 0. The Bertz CT molecular complexity index is 526. The van der Waals surface area contributed by atoms with Gasteiger partial charge in [-0.2, -0.15) is 0 Å². The van der Waals surface area contributed by atoms with Gasteiger partial charge in [-0.1, -0.05) is 42.0 Å². The van der Waals surface area contributed by atoms with Crippen LogP contribution in [0.4, 0.5) is 0 Å². The third-order valence-electron chi connectivity index (χ3n) is 3.31. The first-order chi connectivity index (χ1) is 9.54. The summed E-state index contributed by atoms with van der Waals surface area (Å²) >= 11 is 0. The third kappa shape index (κ3) is 5.35. The Hall–Kier alpha value is -1.96. The van der Waals surface area contributed by atoms with Crippen LogP contribution in [0.3, 0.4) is 0 Å². The van der Waals surface area contributed by atoms with E-state index in [4.69, 9.17) is 0 Å². The van der Waals surface area contributed by atoms with Gasteiger partial charge in [-0.05, 0) is 50.3 Å². The molecule has 1 rings (SSSR count). The van der Waals surface area contributed by atoms with Gasteiger partial charge >= 0.3 is 0 Å². The molecule has 106 valence electrons. The molecule has 0 saturated heterocycles. The predicted molar refractivity (Wildman–Crippen MR) is 83.4 cm³/mol. The molecule has 1 aliphatic carbocycles. The second-order valence-corrected chi connectivity index (χ2v) is 5.08. The quantitative estimate of drug-likeness (QED) is 0.425. The summed E-state index contributed by atoms with van der Waals surface area (Å²) in [6, 6.07) is 0. The van der Waals surface area contributed by atoms with E-state index in [1.54, 1.807) is 13.0 Å². The fourth-order valence-corrected chi connectivity index (χ4v) is 1.94. The maximum atomic E-state index is 11.6. The van der Waals surface area contributed by atoms with Crippen molar-refractivity contribution in [2.24, 2.45) is 0 Å². The van der Waals surface area contributed by atoms with Gasteiger partial charge in [0, 0.05) is 6.42 Å². The van der Waals surface area contributed by atoms with Crippen LogP contribution in [0.25, 0.3) is 0 Å². The van der Waals surface area contributed by atoms with Gasteiger partial charge < -0.3 is 0 Å². The lowest BCUT2D eigenvalue weighted by Crippen LogP contribution is -2.07. The van der Waals surface area contributed by atoms with Crippen molar-refractivity contribution < 1.29 is 9.59 Å². The van der Waals surface area contributed by atoms with Gasteiger partial charge in [0.25, 0.3) is 0 Å². The molecule has 0 radical (unpaired) electrons. The van der Waals surface area contributed by atoms with Gasteiger partial charge in [0.05, 0.1) is 0 Å². The number of allylic oxidation sites excluding steroid dienone is 10. The maximum absolute atomic E-state index is 11.6. The minimum absolute atomic E-state index is 0.270. The van der Waals surface area contributed by atoms with Crippen LogP contribution < -0.4 is 0 Å². The molecule has 0 aromatic rings. The highest BCUT2D eigenvalue weighted by Crippen LogP contribution is 2.22. The Labute approximate surface area is 121 Å². The molecule has 2 heteroatoms. The van der Waals surface area contributed by atoms with Crippen molar-refractivity contribution in [2.45, 2.75) is 40.0 Å². The number of hydrogen-bond donors (Lipinski definition) is 0. The lowest BCUT2D eigenvalue weighted by molar-refractivity contribution is -0.116. The SMILES string of the molecule is CC1=C(/C=C/C(C)=C/C=C/C=C(\C)C=O)CCCC1=O. The highest BCUT2D eigenvalue weighted by Gasteiger charge is 2.14. The molecule has 0 heterocycles. The number of rotatable bonds is 5. The normalized spacial score (nSPS) is 18.4. The lowest BCUT2D eigenvalue weighted by Gasteiger charge is -2.13. The minimum Gasteiger partial charge on any atom is -0.298 e. The largest absolute Gasteiger partial charge is 0.298 e. The second kappa shape index (κ2) is 8.26. The van der Waals surface area contributed by atoms with Crippen molar-refractivity contribution in [2.75, 3.05) is 0 Å². The van der Waals surface area contributed by atoms with E-state index in [1.807, 2.05) is 44.2 Å². The molecular weight excluding hydrogens is 248 g/mol. The summed E-state index contributed by atoms with van der Waals surface area (Å²) in [5.74, 6) is 0.270. The molecule has 20 heavy (non-hydrogen) atoms. The van der Waals surface area contributed by atoms with Gasteiger partial charge in [0.2, 0.25) is 0 Å². The molecule has 0 spiro atoms. The average Bonchev–Trinajstić information content (AvgIpc) is 2.44. The van der Waals surface area contributed by atoms with Crippen molar-refractivity contribution in [1.82, 2.24) is 0 Å². The fraction of sp³-hybridized carbons (Fsp3) is 0.333. The smallest absolute Gasteiger partial charge is 0.158 e. The first-order valence-electron chi connectivity index (χ1n) is 6.92. The molecule has 0 fully saturated rings. The zero-order valence-electron chi connectivity index (χ0n) is 12.5. The van der Waals surface area contributed by atoms with E-state index in [0.717, 1.165) is 35.8 Å². The third-order valence-corrected chi connectivity index (χ3v) is 3.31. The van der Waals surface area contributed by atoms with Crippen LogP contribution in [-0.4, -0.2) is 12.1 Å². The first-order valence-corrected chi connectivity index (χ1v) is 6.92. The molecular formula is C18H22O2. The van der Waals surface area contributed by atoms with Crippen molar-refractivity contribution in [3.8, 4) is 0 Å². The van der Waals surface area contributed by atoms with Crippen LogP contribution in [0.15, 0.2) is 58.7 Å². The molecule has 0 aromatic carbocycles. The van der Waals surface area contributed by atoms with Crippen molar-refractivity contribution >= 4 is 12.1 Å². The van der Waals surface area contributed by atoms with Crippen LogP contribution in [0.5, 0.6) is 0 Å². The van der Waals surface area contributed by atoms with Crippen LogP contribution >= 0.6 is 0 Å². The summed E-state index contributed by atoms with van der Waals surface area (Å²) < 4.78 is 0. The van der Waals surface area contributed by atoms with Crippen LogP contribution in [0, 0.1) is 0 Å². The van der Waals surface area contributed by atoms with E-state index < -0.39 is 0 Å². The maximum Gasteiger partial charge on any atom is 0.158 e. The molecule has 0 unspecified atom stereocenters. The molecule has 1 aliphatic rings. The summed E-state index contributed by atoms with van der Waals surface area (Å²) in [7, 11) is 0. The molecule has 0 aromatic heterocycles. The number of carbonyl (C=O) groups excluding carboxylic acids is 2. The van der Waals surface area contributed by atoms with Gasteiger partial charge in [-0.25, -0.2) is 0 Å². The standard InChI is InChI=1S/C18H22O2/c1-14(7-4-5-8-15(2)13-19)11-12-17-9-6-10-18(20)16(17)3/h4-5,7-8,11-13H,6,9-10H2,1-3H3/b5-4+,12-11+,14-7+,15-8+. The van der Waals surface area contributed by atoms with E-state index in [9.17, 15) is 9.59 Å². The van der Waals surface area contributed by atoms with Crippen LogP contribution in [0.1, 0.15) is 40.0 Å². The molecule has 0 N–H and O–H groups in total. The van der Waals surface area contributed by atoms with E-state index in [2.05, 4.69) is 0 Å². The predicted octanol–water partition coefficient (Wildman–Crippen LogP) is 4.26. The summed E-state index contributed by atoms with van der Waals surface area (Å²) in [6.07, 6.45) is 15.0. The molecule has 0 amide bonds. The topological polar surface area (TPSA) is 34.1 Å². The highest BCUT2D eigenvalue weighted by molar-refractivity contribution is 5.96. The van der Waals surface area contributed by atoms with Gasteiger partial charge in [-0.3, -0.25) is 9.59 Å². The van der Waals surface area contributed by atoms with E-state index >= 15 is 0 Å². The summed E-state index contributed by atoms with van der Waals surface area (Å²) in [4.78, 5) is 22.0. The molecule has 2 nitrogen and oxygen atoms in total. The second-order valence-electron chi connectivity index (χ2n) is 5.08. The van der Waals surface area contributed by atoms with Crippen molar-refractivity contribution in [3.05, 3.63) is 58.7 Å². The first kappa shape index (κ1) is 16.1. The number of aldehydes is 1. The van der Waals surface area contributed by atoms with Crippen LogP contribution in [0.2, 0.25) is 0 Å². The Kier molecular flexibility index (Phi) is 6.65. The highest BCUT2D eigenvalue weighted by atomic mass is 16.1. The van der Waals surface area contributed by atoms with Crippen molar-refractivity contribution in [3.63, 3.8) is 0 Å². The Morgan fingerprint density at radius 1 is 1.05 bits per heavy atom. The molecule has 0 aliphatic heterocycles. The zero-order valence-corrected chi connectivity index (χ0v) is 12.5. The van der Waals surface area contributed by atoms with E-state index in [1.165, 1.54) is 0 Å². The number of Topliss-reactive ketones (excluding diaryl/α,β-unsaturated/α-hetero) is 1. The van der Waals surface area contributed by atoms with Crippen molar-refractivity contribution in [1.29, 1.82) is 0 Å². The molecule has 0 saturated carbocycles. The lowest BCUT2D eigenvalue weighted by atomic mass is 9.91. The Morgan fingerprint density at radius 2 is 1.70 bits per heavy atom. The fourth-order valence-electron chi connectivity index (χ4n) is 1.94. The number of ketones is 1. The van der Waals surface area contributed by atoms with Crippen LogP contribution in [-0.2, 0) is 9.59 Å². The van der Waals surface area contributed by atoms with Gasteiger partial charge in [-0.15, -0.1) is 0 Å². The van der Waals surface area contributed by atoms with E-state index in [0.29, 0.717) is 12.0 Å². The monoisotopic (exact) mass is 270 g/mol. The minimum atomic E-state index is 0.270. The van der Waals surface area contributed by atoms with Gasteiger partial charge in [0.1, 0.15) is 6.29 Å². The Balaban J connectivity index is 2.68. The number of hydrogen-bond acceptors (Lipinski definition) is 2. The summed E-state index contributed by atoms with van der Waals surface area (Å²) in [6.45, 7) is 5.69. The average molecular weight is 270 g/mol. The zero-order chi connectivity index (χ0) is 15.0. The molecule has 0 atom stereocenters. The summed E-state index contributed by atoms with van der Waals surface area (Å²) in [5.41, 5.74) is 3.86. The van der Waals surface area contributed by atoms with E-state index in [-0.39, 0.29) is 5.78 Å². The number of carbonyl (C=O) groups is 2. The van der Waals surface area contributed by atoms with Gasteiger partial charge in [0.15, 0.2) is 5.78 Å². The Morgan fingerprint density at radius 3 is 2.35 bits per heavy atom.